The molecule has 1 rings (SSSR count). The Hall–Kier alpha value is -3.74. The zero-order chi connectivity index (χ0) is 22.9. The number of carbonyl (C=O) groups is 4. The molecule has 0 saturated heterocycles. The maximum Gasteiger partial charge on any atom is 0.408 e. The van der Waals surface area contributed by atoms with Crippen LogP contribution in [0.5, 0.6) is 5.75 Å². The van der Waals surface area contributed by atoms with Crippen LogP contribution in [0.4, 0.5) is 4.79 Å². The maximum atomic E-state index is 12.7. The van der Waals surface area contributed by atoms with E-state index in [4.69, 9.17) is 11.2 Å². The number of benzene rings is 1. The Balaban J connectivity index is 3.04. The van der Waals surface area contributed by atoms with Crippen molar-refractivity contribution in [2.24, 2.45) is 0 Å². The van der Waals surface area contributed by atoms with Gasteiger partial charge in [0.2, 0.25) is 5.91 Å². The van der Waals surface area contributed by atoms with Crippen LogP contribution in [-0.2, 0) is 23.9 Å². The first kappa shape index (κ1) is 24.3. The fraction of sp³-hybridized carbons (Fsp3) is 0.400. The normalized spacial score (nSPS) is 11.4. The number of hydrogen-bond acceptors (Lipinski definition) is 7. The van der Waals surface area contributed by atoms with Crippen molar-refractivity contribution in [1.82, 2.24) is 15.5 Å². The summed E-state index contributed by atoms with van der Waals surface area (Å²) in [5.41, 5.74) is -0.486. The Morgan fingerprint density at radius 2 is 1.73 bits per heavy atom. The molecular formula is C20H25N3O7. The van der Waals surface area contributed by atoms with Crippen molar-refractivity contribution in [2.45, 2.75) is 32.4 Å². The van der Waals surface area contributed by atoms with E-state index in [1.165, 1.54) is 24.3 Å². The van der Waals surface area contributed by atoms with Crippen molar-refractivity contribution < 1.29 is 33.8 Å². The highest BCUT2D eigenvalue weighted by Gasteiger charge is 2.31. The van der Waals surface area contributed by atoms with Crippen LogP contribution in [0, 0.1) is 12.5 Å². The van der Waals surface area contributed by atoms with Gasteiger partial charge in [-0.15, -0.1) is 0 Å². The van der Waals surface area contributed by atoms with Crippen molar-refractivity contribution >= 4 is 23.9 Å². The van der Waals surface area contributed by atoms with Gasteiger partial charge in [0.1, 0.15) is 30.5 Å². The lowest BCUT2D eigenvalue weighted by molar-refractivity contribution is -0.142. The van der Waals surface area contributed by atoms with E-state index in [1.807, 2.05) is 0 Å². The highest BCUT2D eigenvalue weighted by Crippen LogP contribution is 2.23. The molecule has 162 valence electrons. The number of esters is 1. The Kier molecular flexibility index (Phi) is 8.67. The van der Waals surface area contributed by atoms with Gasteiger partial charge in [0.15, 0.2) is 0 Å². The molecule has 1 atom stereocenters. The van der Waals surface area contributed by atoms with Crippen LogP contribution in [0.1, 0.15) is 32.4 Å². The summed E-state index contributed by atoms with van der Waals surface area (Å²) < 4.78 is 9.53. The largest absolute Gasteiger partial charge is 0.508 e. The van der Waals surface area contributed by atoms with Crippen molar-refractivity contribution in [3.63, 3.8) is 0 Å². The standard InChI is InChI=1S/C20H25N3O7/c1-6-23(15(25)11-22-19(28)30-20(2,3)4)17(13-7-9-14(24)10-8-13)18(27)21-12-16(26)29-5/h1,7-10,17,24H,11-12H2,2-5H3,(H,21,27)(H,22,28). The Morgan fingerprint density at radius 1 is 1.13 bits per heavy atom. The van der Waals surface area contributed by atoms with Crippen molar-refractivity contribution in [3.05, 3.63) is 29.8 Å². The molecule has 0 spiro atoms. The SMILES string of the molecule is C#CN(C(=O)CNC(=O)OC(C)(C)C)C(C(=O)NCC(=O)OC)c1ccc(O)cc1. The lowest BCUT2D eigenvalue weighted by atomic mass is 10.0. The van der Waals surface area contributed by atoms with Crippen LogP contribution < -0.4 is 10.6 Å². The minimum atomic E-state index is -1.33. The van der Waals surface area contributed by atoms with E-state index < -0.39 is 48.6 Å². The molecule has 0 radical (unpaired) electrons. The van der Waals surface area contributed by atoms with Gasteiger partial charge in [-0.3, -0.25) is 19.3 Å². The number of alkyl carbamates (subject to hydrolysis) is 1. The molecule has 1 unspecified atom stereocenters. The zero-order valence-electron chi connectivity index (χ0n) is 17.2. The molecule has 0 saturated carbocycles. The van der Waals surface area contributed by atoms with Gasteiger partial charge in [0.25, 0.3) is 5.91 Å². The number of hydrogen-bond donors (Lipinski definition) is 3. The predicted octanol–water partition coefficient (Wildman–Crippen LogP) is 0.667. The van der Waals surface area contributed by atoms with Crippen molar-refractivity contribution in [3.8, 4) is 18.2 Å². The van der Waals surface area contributed by atoms with E-state index in [1.54, 1.807) is 20.8 Å². The predicted molar refractivity (Wildman–Crippen MR) is 106 cm³/mol. The minimum Gasteiger partial charge on any atom is -0.508 e. The Morgan fingerprint density at radius 3 is 2.23 bits per heavy atom. The van der Waals surface area contributed by atoms with Crippen LogP contribution in [0.25, 0.3) is 0 Å². The summed E-state index contributed by atoms with van der Waals surface area (Å²) >= 11 is 0. The molecule has 0 bridgehead atoms. The molecule has 10 heteroatoms. The average molecular weight is 419 g/mol. The summed E-state index contributed by atoms with van der Waals surface area (Å²) in [6.07, 6.45) is 4.63. The number of phenolic OH excluding ortho intramolecular Hbond substituents is 1. The van der Waals surface area contributed by atoms with Gasteiger partial charge in [-0.25, -0.2) is 4.79 Å². The molecule has 0 fully saturated rings. The highest BCUT2D eigenvalue weighted by molar-refractivity contribution is 5.92. The molecule has 0 aliphatic carbocycles. The highest BCUT2D eigenvalue weighted by atomic mass is 16.6. The topological polar surface area (TPSA) is 134 Å². The van der Waals surface area contributed by atoms with Gasteiger partial charge in [-0.2, -0.15) is 0 Å². The number of methoxy groups -OCH3 is 1. The molecule has 3 amide bonds. The van der Waals surface area contributed by atoms with E-state index >= 15 is 0 Å². The second-order valence-electron chi connectivity index (χ2n) is 7.04. The van der Waals surface area contributed by atoms with Crippen LogP contribution in [0.3, 0.4) is 0 Å². The van der Waals surface area contributed by atoms with E-state index in [2.05, 4.69) is 21.4 Å². The van der Waals surface area contributed by atoms with Crippen LogP contribution >= 0.6 is 0 Å². The first-order chi connectivity index (χ1) is 14.0. The summed E-state index contributed by atoms with van der Waals surface area (Å²) in [5.74, 6) is -2.28. The van der Waals surface area contributed by atoms with E-state index in [0.717, 1.165) is 12.0 Å². The third-order valence-electron chi connectivity index (χ3n) is 3.54. The number of rotatable bonds is 7. The molecule has 0 aliphatic rings. The summed E-state index contributed by atoms with van der Waals surface area (Å²) in [6, 6.07) is 6.22. The molecule has 0 heterocycles. The lowest BCUT2D eigenvalue weighted by Crippen LogP contribution is -2.46. The summed E-state index contributed by atoms with van der Waals surface area (Å²) in [6.45, 7) is 4.02. The third-order valence-corrected chi connectivity index (χ3v) is 3.54. The number of terminal acetylenes is 1. The van der Waals surface area contributed by atoms with Crippen molar-refractivity contribution in [1.29, 1.82) is 0 Å². The molecule has 1 aromatic rings. The van der Waals surface area contributed by atoms with E-state index in [0.29, 0.717) is 0 Å². The maximum absolute atomic E-state index is 12.7. The lowest BCUT2D eigenvalue weighted by Gasteiger charge is -2.26. The number of nitrogens with zero attached hydrogens (tertiary/aromatic N) is 1. The zero-order valence-corrected chi connectivity index (χ0v) is 17.2. The Bertz CT molecular complexity index is 822. The average Bonchev–Trinajstić information content (AvgIpc) is 2.67. The molecule has 0 aliphatic heterocycles. The monoisotopic (exact) mass is 419 g/mol. The summed E-state index contributed by atoms with van der Waals surface area (Å²) in [4.78, 5) is 49.2. The first-order valence-electron chi connectivity index (χ1n) is 8.87. The smallest absolute Gasteiger partial charge is 0.408 e. The van der Waals surface area contributed by atoms with Gasteiger partial charge in [-0.05, 0) is 38.5 Å². The summed E-state index contributed by atoms with van der Waals surface area (Å²) in [7, 11) is 1.16. The Labute approximate surface area is 174 Å². The number of carbonyl (C=O) groups excluding carboxylic acids is 4. The van der Waals surface area contributed by atoms with Gasteiger partial charge in [0.05, 0.1) is 7.11 Å². The first-order valence-corrected chi connectivity index (χ1v) is 8.87. The quantitative estimate of drug-likeness (QED) is 0.336. The second kappa shape index (κ2) is 10.7. The van der Waals surface area contributed by atoms with Crippen molar-refractivity contribution in [2.75, 3.05) is 20.2 Å². The van der Waals surface area contributed by atoms with Crippen LogP contribution in [-0.4, -0.2) is 59.7 Å². The summed E-state index contributed by atoms with van der Waals surface area (Å²) in [5, 5.41) is 14.1. The number of phenols is 1. The third kappa shape index (κ3) is 7.71. The molecule has 1 aromatic carbocycles. The fourth-order valence-corrected chi connectivity index (χ4v) is 2.24. The van der Waals surface area contributed by atoms with E-state index in [9.17, 15) is 24.3 Å². The van der Waals surface area contributed by atoms with Crippen LogP contribution in [0.15, 0.2) is 24.3 Å². The van der Waals surface area contributed by atoms with Gasteiger partial charge in [0, 0.05) is 6.04 Å². The van der Waals surface area contributed by atoms with Gasteiger partial charge < -0.3 is 25.2 Å². The number of ether oxygens (including phenoxy) is 2. The molecule has 0 aromatic heterocycles. The number of amides is 3. The fourth-order valence-electron chi connectivity index (χ4n) is 2.24. The molecule has 10 nitrogen and oxygen atoms in total. The van der Waals surface area contributed by atoms with Crippen LogP contribution in [0.2, 0.25) is 0 Å². The molecular weight excluding hydrogens is 394 g/mol. The molecule has 3 N–H and O–H groups in total. The second-order valence-corrected chi connectivity index (χ2v) is 7.04. The number of nitrogens with one attached hydrogen (secondary N) is 2. The van der Waals surface area contributed by atoms with E-state index in [-0.39, 0.29) is 11.3 Å². The molecule has 30 heavy (non-hydrogen) atoms. The van der Waals surface area contributed by atoms with Gasteiger partial charge >= 0.3 is 12.1 Å². The van der Waals surface area contributed by atoms with Gasteiger partial charge in [-0.1, -0.05) is 18.6 Å². The number of aromatic hydroxyl groups is 1. The minimum absolute atomic E-state index is 0.0577.